The molecule has 0 fully saturated rings. The van der Waals surface area contributed by atoms with Gasteiger partial charge in [0.05, 0.1) is 0 Å². The molecule has 1 amide bonds. The largest absolute Gasteiger partial charge is 0.324 e. The Balaban J connectivity index is 2.10. The van der Waals surface area contributed by atoms with Crippen molar-refractivity contribution in [2.45, 2.75) is 26.8 Å². The van der Waals surface area contributed by atoms with Gasteiger partial charge >= 0.3 is 0 Å². The van der Waals surface area contributed by atoms with Gasteiger partial charge in [-0.2, -0.15) is 0 Å². The first-order valence-corrected chi connectivity index (χ1v) is 6.95. The zero-order valence-electron chi connectivity index (χ0n) is 12.6. The van der Waals surface area contributed by atoms with Gasteiger partial charge in [0.1, 0.15) is 0 Å². The molecule has 0 saturated carbocycles. The maximum absolute atomic E-state index is 12.1. The summed E-state index contributed by atoms with van der Waals surface area (Å²) in [6.07, 6.45) is 3.28. The van der Waals surface area contributed by atoms with Crippen molar-refractivity contribution >= 4 is 11.6 Å². The Bertz CT molecular complexity index is 600. The summed E-state index contributed by atoms with van der Waals surface area (Å²) in [4.78, 5) is 16.0. The molecule has 1 atom stereocenters. The Morgan fingerprint density at radius 2 is 1.67 bits per heavy atom. The lowest BCUT2D eigenvalue weighted by atomic mass is 9.83. The van der Waals surface area contributed by atoms with Gasteiger partial charge < -0.3 is 11.1 Å². The van der Waals surface area contributed by atoms with Crippen LogP contribution in [0.15, 0.2) is 48.8 Å². The summed E-state index contributed by atoms with van der Waals surface area (Å²) in [7, 11) is 0. The topological polar surface area (TPSA) is 68.0 Å². The highest BCUT2D eigenvalue weighted by Crippen LogP contribution is 2.30. The first-order chi connectivity index (χ1) is 9.88. The zero-order chi connectivity index (χ0) is 15.5. The van der Waals surface area contributed by atoms with Crippen molar-refractivity contribution in [3.05, 3.63) is 59.9 Å². The van der Waals surface area contributed by atoms with Crippen LogP contribution >= 0.6 is 0 Å². The number of nitrogens with two attached hydrogens (primary N) is 1. The summed E-state index contributed by atoms with van der Waals surface area (Å²) < 4.78 is 0. The molecule has 0 aliphatic rings. The standard InChI is InChI=1S/C17H21N3O/c1-17(2,3)15(18)12-4-6-13(7-5-12)16(21)20-14-8-10-19-11-9-14/h4-11,15H,18H2,1-3H3,(H,19,20,21). The molecule has 0 radical (unpaired) electrons. The number of pyridine rings is 1. The number of rotatable bonds is 3. The number of benzene rings is 1. The molecule has 0 bridgehead atoms. The average molecular weight is 283 g/mol. The van der Waals surface area contributed by atoms with Crippen LogP contribution in [0.4, 0.5) is 5.69 Å². The van der Waals surface area contributed by atoms with Gasteiger partial charge in [-0.25, -0.2) is 0 Å². The lowest BCUT2D eigenvalue weighted by molar-refractivity contribution is 0.102. The van der Waals surface area contributed by atoms with Crippen molar-refractivity contribution in [1.82, 2.24) is 4.98 Å². The van der Waals surface area contributed by atoms with Crippen LogP contribution in [0.2, 0.25) is 0 Å². The van der Waals surface area contributed by atoms with E-state index in [9.17, 15) is 4.79 Å². The number of carbonyl (C=O) groups is 1. The normalized spacial score (nSPS) is 12.8. The average Bonchev–Trinajstić information content (AvgIpc) is 2.46. The zero-order valence-corrected chi connectivity index (χ0v) is 12.6. The van der Waals surface area contributed by atoms with Gasteiger partial charge in [0.25, 0.3) is 5.91 Å². The summed E-state index contributed by atoms with van der Waals surface area (Å²) in [5, 5.41) is 2.83. The van der Waals surface area contributed by atoms with Crippen molar-refractivity contribution in [3.63, 3.8) is 0 Å². The third-order valence-electron chi connectivity index (χ3n) is 3.40. The molecule has 0 aliphatic heterocycles. The van der Waals surface area contributed by atoms with Crippen LogP contribution in [0.3, 0.4) is 0 Å². The molecule has 1 aromatic carbocycles. The van der Waals surface area contributed by atoms with Gasteiger partial charge in [-0.05, 0) is 35.2 Å². The second kappa shape index (κ2) is 6.06. The van der Waals surface area contributed by atoms with Crippen molar-refractivity contribution < 1.29 is 4.79 Å². The highest BCUT2D eigenvalue weighted by atomic mass is 16.1. The number of carbonyl (C=O) groups excluding carboxylic acids is 1. The van der Waals surface area contributed by atoms with E-state index in [2.05, 4.69) is 31.1 Å². The predicted molar refractivity (Wildman–Crippen MR) is 85.0 cm³/mol. The Hall–Kier alpha value is -2.20. The molecule has 2 rings (SSSR count). The van der Waals surface area contributed by atoms with E-state index in [1.54, 1.807) is 36.7 Å². The highest BCUT2D eigenvalue weighted by molar-refractivity contribution is 6.04. The molecule has 4 heteroatoms. The van der Waals surface area contributed by atoms with E-state index >= 15 is 0 Å². The molecule has 1 aromatic heterocycles. The fourth-order valence-electron chi connectivity index (χ4n) is 1.98. The Labute approximate surface area is 125 Å². The van der Waals surface area contributed by atoms with E-state index in [-0.39, 0.29) is 17.4 Å². The SMILES string of the molecule is CC(C)(C)C(N)c1ccc(C(=O)Nc2ccncc2)cc1. The van der Waals surface area contributed by atoms with Crippen LogP contribution < -0.4 is 11.1 Å². The number of hydrogen-bond donors (Lipinski definition) is 2. The second-order valence-electron chi connectivity index (χ2n) is 6.16. The minimum absolute atomic E-state index is 0.0131. The van der Waals surface area contributed by atoms with Crippen molar-refractivity contribution in [1.29, 1.82) is 0 Å². The van der Waals surface area contributed by atoms with Crippen LogP contribution in [-0.4, -0.2) is 10.9 Å². The molecule has 4 nitrogen and oxygen atoms in total. The second-order valence-corrected chi connectivity index (χ2v) is 6.16. The maximum Gasteiger partial charge on any atom is 0.255 e. The Morgan fingerprint density at radius 1 is 1.10 bits per heavy atom. The first-order valence-electron chi connectivity index (χ1n) is 6.95. The van der Waals surface area contributed by atoms with Gasteiger partial charge in [0, 0.05) is 29.7 Å². The van der Waals surface area contributed by atoms with E-state index in [1.807, 2.05) is 12.1 Å². The Kier molecular flexibility index (Phi) is 4.38. The number of amides is 1. The van der Waals surface area contributed by atoms with Gasteiger partial charge in [0.15, 0.2) is 0 Å². The van der Waals surface area contributed by atoms with Crippen molar-refractivity contribution in [2.75, 3.05) is 5.32 Å². The lowest BCUT2D eigenvalue weighted by Gasteiger charge is -2.27. The number of aromatic nitrogens is 1. The quantitative estimate of drug-likeness (QED) is 0.907. The summed E-state index contributed by atoms with van der Waals surface area (Å²) in [5.74, 6) is -0.142. The van der Waals surface area contributed by atoms with E-state index in [0.29, 0.717) is 5.56 Å². The third-order valence-corrected chi connectivity index (χ3v) is 3.40. The summed E-state index contributed by atoms with van der Waals surface area (Å²) in [6.45, 7) is 6.30. The molecular weight excluding hydrogens is 262 g/mol. The number of nitrogens with zero attached hydrogens (tertiary/aromatic N) is 1. The molecule has 1 heterocycles. The smallest absolute Gasteiger partial charge is 0.255 e. The van der Waals surface area contributed by atoms with E-state index in [4.69, 9.17) is 5.73 Å². The summed E-state index contributed by atoms with van der Waals surface area (Å²) in [6, 6.07) is 10.9. The minimum Gasteiger partial charge on any atom is -0.324 e. The van der Waals surface area contributed by atoms with E-state index in [0.717, 1.165) is 11.3 Å². The maximum atomic E-state index is 12.1. The van der Waals surface area contributed by atoms with E-state index < -0.39 is 0 Å². The van der Waals surface area contributed by atoms with Crippen LogP contribution in [0.1, 0.15) is 42.7 Å². The number of anilines is 1. The molecule has 3 N–H and O–H groups in total. The molecule has 1 unspecified atom stereocenters. The molecule has 0 spiro atoms. The van der Waals surface area contributed by atoms with Gasteiger partial charge in [-0.15, -0.1) is 0 Å². The van der Waals surface area contributed by atoms with Crippen molar-refractivity contribution in [2.24, 2.45) is 11.1 Å². The third kappa shape index (κ3) is 3.89. The Morgan fingerprint density at radius 3 is 2.19 bits per heavy atom. The van der Waals surface area contributed by atoms with Gasteiger partial charge in [0.2, 0.25) is 0 Å². The molecule has 0 aliphatic carbocycles. The van der Waals surface area contributed by atoms with Gasteiger partial charge in [-0.1, -0.05) is 32.9 Å². The number of hydrogen-bond acceptors (Lipinski definition) is 3. The molecule has 21 heavy (non-hydrogen) atoms. The fraction of sp³-hybridized carbons (Fsp3) is 0.294. The molecule has 110 valence electrons. The first kappa shape index (κ1) is 15.2. The predicted octanol–water partition coefficient (Wildman–Crippen LogP) is 3.38. The monoisotopic (exact) mass is 283 g/mol. The lowest BCUT2D eigenvalue weighted by Crippen LogP contribution is -2.26. The molecular formula is C17H21N3O. The summed E-state index contributed by atoms with van der Waals surface area (Å²) in [5.41, 5.74) is 8.57. The number of nitrogens with one attached hydrogen (secondary N) is 1. The minimum atomic E-state index is -0.142. The van der Waals surface area contributed by atoms with Crippen molar-refractivity contribution in [3.8, 4) is 0 Å². The van der Waals surface area contributed by atoms with Crippen LogP contribution in [-0.2, 0) is 0 Å². The van der Waals surface area contributed by atoms with Crippen LogP contribution in [0.25, 0.3) is 0 Å². The van der Waals surface area contributed by atoms with Crippen LogP contribution in [0, 0.1) is 5.41 Å². The van der Waals surface area contributed by atoms with Crippen LogP contribution in [0.5, 0.6) is 0 Å². The fourth-order valence-corrected chi connectivity index (χ4v) is 1.98. The molecule has 0 saturated heterocycles. The summed E-state index contributed by atoms with van der Waals surface area (Å²) >= 11 is 0. The van der Waals surface area contributed by atoms with E-state index in [1.165, 1.54) is 0 Å². The highest BCUT2D eigenvalue weighted by Gasteiger charge is 2.22. The molecule has 2 aromatic rings. The van der Waals surface area contributed by atoms with Gasteiger partial charge in [-0.3, -0.25) is 9.78 Å².